The highest BCUT2D eigenvalue weighted by atomic mass is 31.2. The Kier molecular flexibility index (Phi) is 0.837. The zero-order valence-electron chi connectivity index (χ0n) is 5.74. The van der Waals surface area contributed by atoms with E-state index in [0.717, 1.165) is 0 Å². The van der Waals surface area contributed by atoms with E-state index in [1.165, 1.54) is 0 Å². The molecule has 3 rings (SSSR count). The van der Waals surface area contributed by atoms with E-state index in [4.69, 9.17) is 0 Å². The van der Waals surface area contributed by atoms with Crippen LogP contribution in [-0.4, -0.2) is 14.6 Å². The Balaban J connectivity index is 2.30. The Bertz CT molecular complexity index is 472. The quantitative estimate of drug-likeness (QED) is 0.363. The van der Waals surface area contributed by atoms with Gasteiger partial charge in [0.1, 0.15) is 0 Å². The molecule has 13 heavy (non-hydrogen) atoms. The van der Waals surface area contributed by atoms with Crippen molar-refractivity contribution in [2.75, 3.05) is 0 Å². The summed E-state index contributed by atoms with van der Waals surface area (Å²) in [6.45, 7) is 0. The topological polar surface area (TPSA) is 106 Å². The molecule has 0 saturated heterocycles. The van der Waals surface area contributed by atoms with Crippen LogP contribution in [0.3, 0.4) is 0 Å². The van der Waals surface area contributed by atoms with Gasteiger partial charge in [-0.3, -0.25) is 0 Å². The van der Waals surface area contributed by atoms with Crippen LogP contribution in [0.25, 0.3) is 0 Å². The minimum Gasteiger partial charge on any atom is -0.390 e. The summed E-state index contributed by atoms with van der Waals surface area (Å²) in [6.07, 6.45) is 0. The molecule has 0 fully saturated rings. The lowest BCUT2D eigenvalue weighted by Crippen LogP contribution is -2.07. The van der Waals surface area contributed by atoms with Crippen LogP contribution in [0.4, 0.5) is 5.95 Å². The first-order chi connectivity index (χ1) is 6.09. The second kappa shape index (κ2) is 1.62. The van der Waals surface area contributed by atoms with Crippen molar-refractivity contribution in [1.29, 1.82) is 0 Å². The van der Waals surface area contributed by atoms with Gasteiger partial charge in [-0.1, -0.05) is 0 Å². The van der Waals surface area contributed by atoms with E-state index in [-0.39, 0.29) is 11.8 Å². The van der Waals surface area contributed by atoms with Crippen LogP contribution in [0, 0.1) is 10.1 Å². The Morgan fingerprint density at radius 1 is 1.54 bits per heavy atom. The predicted octanol–water partition coefficient (Wildman–Crippen LogP) is 0.113. The summed E-state index contributed by atoms with van der Waals surface area (Å²) >= 11 is 0. The molecule has 9 nitrogen and oxygen atoms in total. The highest BCUT2D eigenvalue weighted by molar-refractivity contribution is 7.50. The molecule has 0 aromatic carbocycles. The molecule has 0 aliphatic carbocycles. The lowest BCUT2D eigenvalue weighted by molar-refractivity contribution is -0.399. The first-order valence-electron chi connectivity index (χ1n) is 3.05. The first-order valence-corrected chi connectivity index (χ1v) is 4.51. The number of nitrogens with zero attached hydrogens (tertiary/aromatic N) is 3. The van der Waals surface area contributed by atoms with E-state index in [2.05, 4.69) is 18.7 Å². The fourth-order valence-corrected chi connectivity index (χ4v) is 2.20. The van der Waals surface area contributed by atoms with Crippen LogP contribution in [0.5, 0.6) is 11.8 Å². The SMILES string of the molecule is O=[N+]([O-])c1nc2c3n1OP(=O)(O2)O3. The average Bonchev–Trinajstić information content (AvgIpc) is 2.52. The molecular weight excluding hydrogens is 205 g/mol. The van der Waals surface area contributed by atoms with Crippen LogP contribution in [0.15, 0.2) is 0 Å². The second-order valence-corrected chi connectivity index (χ2v) is 3.71. The number of phosphoric acid groups is 1. The first kappa shape index (κ1) is 6.72. The summed E-state index contributed by atoms with van der Waals surface area (Å²) in [7, 11) is -3.67. The molecule has 1 aromatic rings. The van der Waals surface area contributed by atoms with Crippen LogP contribution in [0.2, 0.25) is 0 Å². The van der Waals surface area contributed by atoms with Gasteiger partial charge in [0.2, 0.25) is 0 Å². The number of hydrogen-bond donors (Lipinski definition) is 0. The maximum atomic E-state index is 11.2. The molecule has 0 spiro atoms. The van der Waals surface area contributed by atoms with Gasteiger partial charge in [0.15, 0.2) is 0 Å². The molecule has 3 heterocycles. The number of phosphoric ester groups is 1. The standard InChI is InChI=1S/C3N3O6P/c7-6(8)3-4-1-2-5(3)12-13(9,10-1)11-2. The molecule has 1 unspecified atom stereocenters. The zero-order valence-corrected chi connectivity index (χ0v) is 6.63. The Morgan fingerprint density at radius 3 is 2.85 bits per heavy atom. The molecule has 0 radical (unpaired) electrons. The molecule has 10 heteroatoms. The number of fused-ring (bicyclic) bond motifs is 1. The lowest BCUT2D eigenvalue weighted by atomic mass is 10.8. The van der Waals surface area contributed by atoms with Crippen molar-refractivity contribution in [3.05, 3.63) is 10.1 Å². The monoisotopic (exact) mass is 205 g/mol. The highest BCUT2D eigenvalue weighted by Crippen LogP contribution is 2.63. The highest BCUT2D eigenvalue weighted by Gasteiger charge is 2.60. The third-order valence-corrected chi connectivity index (χ3v) is 2.65. The van der Waals surface area contributed by atoms with E-state index in [0.29, 0.717) is 4.73 Å². The summed E-state index contributed by atoms with van der Waals surface area (Å²) in [5, 5.41) is 10.3. The van der Waals surface area contributed by atoms with Gasteiger partial charge in [0, 0.05) is 4.73 Å². The Morgan fingerprint density at radius 2 is 2.31 bits per heavy atom. The van der Waals surface area contributed by atoms with Crippen molar-refractivity contribution < 1.29 is 23.2 Å². The third kappa shape index (κ3) is 0.629. The second-order valence-electron chi connectivity index (χ2n) is 2.29. The van der Waals surface area contributed by atoms with E-state index in [1.807, 2.05) is 0 Å². The van der Waals surface area contributed by atoms with Gasteiger partial charge < -0.3 is 19.2 Å². The molecular formula is C3N3O6P. The largest absolute Gasteiger partial charge is 0.684 e. The molecule has 1 atom stereocenters. The molecule has 0 saturated carbocycles. The van der Waals surface area contributed by atoms with Gasteiger partial charge in [-0.2, -0.15) is 4.57 Å². The summed E-state index contributed by atoms with van der Waals surface area (Å²) in [5.74, 6) is -0.892. The lowest BCUT2D eigenvalue weighted by Gasteiger charge is -1.98. The Hall–Kier alpha value is -1.76. The van der Waals surface area contributed by atoms with Crippen molar-refractivity contribution in [1.82, 2.24) is 9.71 Å². The van der Waals surface area contributed by atoms with Gasteiger partial charge in [0.25, 0.3) is 0 Å². The van der Waals surface area contributed by atoms with Crippen molar-refractivity contribution in [3.8, 4) is 11.8 Å². The van der Waals surface area contributed by atoms with Crippen molar-refractivity contribution >= 4 is 13.8 Å². The maximum Gasteiger partial charge on any atom is 0.684 e. The average molecular weight is 205 g/mol. The predicted molar refractivity (Wildman–Crippen MR) is 34.3 cm³/mol. The van der Waals surface area contributed by atoms with Crippen molar-refractivity contribution in [2.24, 2.45) is 0 Å². The van der Waals surface area contributed by atoms with Crippen LogP contribution in [-0.2, 0) is 4.57 Å². The molecule has 1 aromatic heterocycles. The zero-order chi connectivity index (χ0) is 9.22. The van der Waals surface area contributed by atoms with Gasteiger partial charge in [-0.25, -0.2) is 4.62 Å². The van der Waals surface area contributed by atoms with Gasteiger partial charge in [0.05, 0.1) is 0 Å². The number of aromatic nitrogens is 2. The van der Waals surface area contributed by atoms with E-state index in [9.17, 15) is 14.7 Å². The van der Waals surface area contributed by atoms with Crippen molar-refractivity contribution in [2.45, 2.75) is 0 Å². The minimum atomic E-state index is -3.67. The maximum absolute atomic E-state index is 11.2. The Labute approximate surface area is 69.6 Å². The molecule has 2 bridgehead atoms. The fraction of sp³-hybridized carbons (Fsp3) is 0. The van der Waals surface area contributed by atoms with Gasteiger partial charge in [-0.15, -0.1) is 0 Å². The summed E-state index contributed by atoms with van der Waals surface area (Å²) in [4.78, 5) is 12.9. The van der Waals surface area contributed by atoms with E-state index >= 15 is 0 Å². The van der Waals surface area contributed by atoms with Gasteiger partial charge in [-0.05, 0) is 9.91 Å². The van der Waals surface area contributed by atoms with Crippen LogP contribution in [0.1, 0.15) is 0 Å². The van der Waals surface area contributed by atoms with Crippen LogP contribution >= 0.6 is 7.82 Å². The summed E-state index contributed by atoms with van der Waals surface area (Å²) in [5.41, 5.74) is 0. The van der Waals surface area contributed by atoms with E-state index in [1.54, 1.807) is 0 Å². The van der Waals surface area contributed by atoms with Crippen molar-refractivity contribution in [3.63, 3.8) is 0 Å². The minimum absolute atomic E-state index is 0.116. The molecule has 0 amide bonds. The summed E-state index contributed by atoms with van der Waals surface area (Å²) in [6, 6.07) is 0. The molecule has 0 N–H and O–H groups in total. The van der Waals surface area contributed by atoms with Gasteiger partial charge >= 0.3 is 25.5 Å². The fourth-order valence-electron chi connectivity index (χ4n) is 1.05. The normalized spacial score (nSPS) is 26.5. The summed E-state index contributed by atoms with van der Waals surface area (Å²) < 4.78 is 25.6. The smallest absolute Gasteiger partial charge is 0.390 e. The van der Waals surface area contributed by atoms with E-state index < -0.39 is 18.7 Å². The molecule has 2 aliphatic rings. The molecule has 68 valence electrons. The number of hydrogen-bond acceptors (Lipinski definition) is 7. The molecule has 2 aliphatic heterocycles. The number of imidazole rings is 1. The third-order valence-electron chi connectivity index (χ3n) is 1.49. The van der Waals surface area contributed by atoms with Crippen LogP contribution < -0.4 is 13.7 Å². The number of rotatable bonds is 1. The number of nitro groups is 1.